The second-order valence-electron chi connectivity index (χ2n) is 8.91. The molecule has 176 valence electrons. The molecule has 1 N–H and O–H groups in total. The fourth-order valence-electron chi connectivity index (χ4n) is 4.84. The number of Topliss-reactive ketones (excluding diaryl/α,β-unsaturated/α-hetero) is 1. The van der Waals surface area contributed by atoms with Gasteiger partial charge in [-0.05, 0) is 48.9 Å². The number of amides is 1. The van der Waals surface area contributed by atoms with Crippen LogP contribution in [0.15, 0.2) is 66.9 Å². The van der Waals surface area contributed by atoms with Gasteiger partial charge in [-0.25, -0.2) is 0 Å². The maximum atomic E-state index is 13.3. The molecule has 1 heterocycles. The van der Waals surface area contributed by atoms with E-state index in [0.717, 1.165) is 54.9 Å². The molecule has 1 aliphatic heterocycles. The van der Waals surface area contributed by atoms with Crippen LogP contribution < -0.4 is 10.1 Å². The Morgan fingerprint density at radius 3 is 2.27 bits per heavy atom. The summed E-state index contributed by atoms with van der Waals surface area (Å²) in [5.41, 5.74) is 2.67. The van der Waals surface area contributed by atoms with Crippen molar-refractivity contribution in [3.05, 3.63) is 78.0 Å². The van der Waals surface area contributed by atoms with E-state index >= 15 is 0 Å². The number of hydrogen-bond acceptors (Lipinski definition) is 4. The Balaban J connectivity index is 1.75. The molecule has 1 amide bonds. The number of hydrogen-bond donors (Lipinski definition) is 1. The molecule has 2 aromatic carbocycles. The van der Waals surface area contributed by atoms with Gasteiger partial charge in [0.15, 0.2) is 0 Å². The summed E-state index contributed by atoms with van der Waals surface area (Å²) >= 11 is 0. The van der Waals surface area contributed by atoms with Crippen LogP contribution in [0.1, 0.15) is 50.7 Å². The molecule has 0 aliphatic carbocycles. The first-order chi connectivity index (χ1) is 15.9. The molecule has 33 heavy (non-hydrogen) atoms. The van der Waals surface area contributed by atoms with Gasteiger partial charge in [-0.1, -0.05) is 56.0 Å². The molecular formula is C28H36N2O3. The van der Waals surface area contributed by atoms with E-state index in [4.69, 9.17) is 4.74 Å². The number of piperidine rings is 1. The fraction of sp³-hybridized carbons (Fsp3) is 0.429. The van der Waals surface area contributed by atoms with E-state index in [1.54, 1.807) is 7.11 Å². The molecule has 2 aromatic rings. The van der Waals surface area contributed by atoms with Crippen LogP contribution in [0.4, 0.5) is 0 Å². The highest BCUT2D eigenvalue weighted by Crippen LogP contribution is 2.39. The van der Waals surface area contributed by atoms with Gasteiger partial charge in [0.1, 0.15) is 11.5 Å². The number of rotatable bonds is 10. The Morgan fingerprint density at radius 1 is 1.09 bits per heavy atom. The van der Waals surface area contributed by atoms with Gasteiger partial charge in [-0.3, -0.25) is 9.59 Å². The SMILES string of the molecule is C=C([C@@H](Cc1ccc(OC)cc1)NC(C)=O)N1CCC(C(=O)CCC)(c2ccccc2)CC1. The second-order valence-corrected chi connectivity index (χ2v) is 8.91. The fourth-order valence-corrected chi connectivity index (χ4v) is 4.84. The van der Waals surface area contributed by atoms with E-state index in [1.165, 1.54) is 6.92 Å². The maximum Gasteiger partial charge on any atom is 0.217 e. The second kappa shape index (κ2) is 11.2. The number of ether oxygens (including phenoxy) is 1. The van der Waals surface area contributed by atoms with Crippen molar-refractivity contribution >= 4 is 11.7 Å². The number of nitrogens with one attached hydrogen (secondary N) is 1. The van der Waals surface area contributed by atoms with Crippen molar-refractivity contribution in [2.75, 3.05) is 20.2 Å². The molecular weight excluding hydrogens is 412 g/mol. The van der Waals surface area contributed by atoms with Crippen LogP contribution >= 0.6 is 0 Å². The van der Waals surface area contributed by atoms with Crippen molar-refractivity contribution < 1.29 is 14.3 Å². The quantitative estimate of drug-likeness (QED) is 0.574. The van der Waals surface area contributed by atoms with Crippen LogP contribution in [0.5, 0.6) is 5.75 Å². The minimum absolute atomic E-state index is 0.0802. The van der Waals surface area contributed by atoms with Gasteiger partial charge in [0.05, 0.1) is 18.6 Å². The van der Waals surface area contributed by atoms with Crippen LogP contribution in [-0.4, -0.2) is 42.8 Å². The average molecular weight is 449 g/mol. The molecule has 1 saturated heterocycles. The monoisotopic (exact) mass is 448 g/mol. The van der Waals surface area contributed by atoms with Crippen LogP contribution in [0.3, 0.4) is 0 Å². The average Bonchev–Trinajstić information content (AvgIpc) is 2.84. The predicted octanol–water partition coefficient (Wildman–Crippen LogP) is 4.66. The summed E-state index contributed by atoms with van der Waals surface area (Å²) < 4.78 is 5.25. The molecule has 1 atom stereocenters. The van der Waals surface area contributed by atoms with E-state index in [9.17, 15) is 9.59 Å². The highest BCUT2D eigenvalue weighted by atomic mass is 16.5. The molecule has 5 heteroatoms. The molecule has 1 aliphatic rings. The summed E-state index contributed by atoms with van der Waals surface area (Å²) in [6.07, 6.45) is 3.62. The van der Waals surface area contributed by atoms with E-state index in [2.05, 4.69) is 35.9 Å². The largest absolute Gasteiger partial charge is 0.497 e. The first-order valence-corrected chi connectivity index (χ1v) is 11.8. The van der Waals surface area contributed by atoms with Gasteiger partial charge in [-0.2, -0.15) is 0 Å². The Hall–Kier alpha value is -3.08. The van der Waals surface area contributed by atoms with E-state index in [1.807, 2.05) is 42.5 Å². The molecule has 0 aromatic heterocycles. The third-order valence-electron chi connectivity index (χ3n) is 6.74. The van der Waals surface area contributed by atoms with Gasteiger partial charge >= 0.3 is 0 Å². The number of nitrogens with zero attached hydrogens (tertiary/aromatic N) is 1. The van der Waals surface area contributed by atoms with E-state index < -0.39 is 5.41 Å². The predicted molar refractivity (Wildman–Crippen MR) is 132 cm³/mol. The zero-order valence-corrected chi connectivity index (χ0v) is 20.1. The third kappa shape index (κ3) is 5.84. The molecule has 0 saturated carbocycles. The van der Waals surface area contributed by atoms with Crippen molar-refractivity contribution in [1.29, 1.82) is 0 Å². The number of methoxy groups -OCH3 is 1. The highest BCUT2D eigenvalue weighted by molar-refractivity contribution is 5.90. The van der Waals surface area contributed by atoms with Gasteiger partial charge in [0.25, 0.3) is 0 Å². The first-order valence-electron chi connectivity index (χ1n) is 11.8. The van der Waals surface area contributed by atoms with E-state index in [-0.39, 0.29) is 11.9 Å². The molecule has 0 bridgehead atoms. The maximum absolute atomic E-state index is 13.3. The zero-order chi connectivity index (χ0) is 23.8. The van der Waals surface area contributed by atoms with Crippen LogP contribution in [0, 0.1) is 0 Å². The lowest BCUT2D eigenvalue weighted by Gasteiger charge is -2.44. The summed E-state index contributed by atoms with van der Waals surface area (Å²) in [6.45, 7) is 9.44. The van der Waals surface area contributed by atoms with Crippen molar-refractivity contribution in [2.45, 2.75) is 57.4 Å². The number of likely N-dealkylation sites (tertiary alicyclic amines) is 1. The lowest BCUT2D eigenvalue weighted by atomic mass is 9.68. The lowest BCUT2D eigenvalue weighted by Crippen LogP contribution is -2.50. The van der Waals surface area contributed by atoms with Crippen LogP contribution in [0.25, 0.3) is 0 Å². The summed E-state index contributed by atoms with van der Waals surface area (Å²) in [4.78, 5) is 27.4. The molecule has 5 nitrogen and oxygen atoms in total. The minimum atomic E-state index is -0.437. The van der Waals surface area contributed by atoms with Crippen molar-refractivity contribution in [2.24, 2.45) is 0 Å². The van der Waals surface area contributed by atoms with Gasteiger partial charge in [0.2, 0.25) is 5.91 Å². The summed E-state index contributed by atoms with van der Waals surface area (Å²) in [5, 5.41) is 3.07. The molecule has 0 radical (unpaired) electrons. The van der Waals surface area contributed by atoms with Gasteiger partial charge in [0, 0.05) is 32.1 Å². The van der Waals surface area contributed by atoms with Crippen molar-refractivity contribution in [1.82, 2.24) is 10.2 Å². The standard InChI is InChI=1S/C28H36N2O3/c1-5-9-27(32)28(24-10-7-6-8-11-24)16-18-30(19-17-28)21(2)26(29-22(3)31)20-23-12-14-25(33-4)15-13-23/h6-8,10-15,26H,2,5,9,16-20H2,1,3-4H3,(H,29,31)/t26-/m1/s1. The zero-order valence-electron chi connectivity index (χ0n) is 20.1. The summed E-state index contributed by atoms with van der Waals surface area (Å²) in [5.74, 6) is 1.06. The normalized spacial score (nSPS) is 16.0. The Bertz CT molecular complexity index is 945. The van der Waals surface area contributed by atoms with Crippen molar-refractivity contribution in [3.63, 3.8) is 0 Å². The molecule has 0 unspecified atom stereocenters. The van der Waals surface area contributed by atoms with Gasteiger partial charge < -0.3 is 15.0 Å². The number of benzene rings is 2. The number of carbonyl (C=O) groups excluding carboxylic acids is 2. The summed E-state index contributed by atoms with van der Waals surface area (Å²) in [6, 6.07) is 17.9. The smallest absolute Gasteiger partial charge is 0.217 e. The van der Waals surface area contributed by atoms with Crippen LogP contribution in [0.2, 0.25) is 0 Å². The molecule has 0 spiro atoms. The summed E-state index contributed by atoms with van der Waals surface area (Å²) in [7, 11) is 1.65. The Kier molecular flexibility index (Phi) is 8.32. The minimum Gasteiger partial charge on any atom is -0.497 e. The first kappa shape index (κ1) is 24.6. The number of ketones is 1. The van der Waals surface area contributed by atoms with E-state index in [0.29, 0.717) is 18.6 Å². The molecule has 3 rings (SSSR count). The van der Waals surface area contributed by atoms with Crippen LogP contribution in [-0.2, 0) is 21.4 Å². The Labute approximate surface area is 197 Å². The topological polar surface area (TPSA) is 58.6 Å². The Morgan fingerprint density at radius 2 is 1.73 bits per heavy atom. The third-order valence-corrected chi connectivity index (χ3v) is 6.74. The molecule has 1 fully saturated rings. The number of carbonyl (C=O) groups is 2. The highest BCUT2D eigenvalue weighted by Gasteiger charge is 2.42. The van der Waals surface area contributed by atoms with Gasteiger partial charge in [-0.15, -0.1) is 0 Å². The lowest BCUT2D eigenvalue weighted by molar-refractivity contribution is -0.126. The van der Waals surface area contributed by atoms with Crippen molar-refractivity contribution in [3.8, 4) is 5.75 Å².